The first-order valence-corrected chi connectivity index (χ1v) is 11.4. The van der Waals surface area contributed by atoms with E-state index in [1.807, 2.05) is 6.92 Å². The van der Waals surface area contributed by atoms with Crippen molar-refractivity contribution in [3.8, 4) is 0 Å². The molecule has 0 bridgehead atoms. The molecule has 0 spiro atoms. The molecule has 164 valence electrons. The van der Waals surface area contributed by atoms with E-state index in [2.05, 4.69) is 20.3 Å². The van der Waals surface area contributed by atoms with Gasteiger partial charge >= 0.3 is 0 Å². The molecule has 2 unspecified atom stereocenters. The molecule has 9 nitrogen and oxygen atoms in total. The predicted molar refractivity (Wildman–Crippen MR) is 121 cm³/mol. The number of nitrogens with zero attached hydrogens (tertiary/aromatic N) is 2. The van der Waals surface area contributed by atoms with Gasteiger partial charge in [0.2, 0.25) is 15.9 Å². The van der Waals surface area contributed by atoms with Gasteiger partial charge in [0.25, 0.3) is 0 Å². The normalized spacial score (nSPS) is 23.9. The van der Waals surface area contributed by atoms with Crippen LogP contribution in [0.25, 0.3) is 0 Å². The molecule has 2 atom stereocenters. The number of carbonyl (C=O) groups is 1. The van der Waals surface area contributed by atoms with E-state index in [9.17, 15) is 13.2 Å². The SMILES string of the molecule is CCNC(=NCCS(=O)(=O)NCC1CCCCO1)NC1CCC(=O)N(C)C1.I. The summed E-state index contributed by atoms with van der Waals surface area (Å²) in [5.74, 6) is 0.657. The molecule has 2 heterocycles. The van der Waals surface area contributed by atoms with E-state index in [0.29, 0.717) is 38.6 Å². The Morgan fingerprint density at radius 1 is 1.32 bits per heavy atom. The Morgan fingerprint density at radius 3 is 2.75 bits per heavy atom. The number of piperidine rings is 1. The minimum Gasteiger partial charge on any atom is -0.377 e. The lowest BCUT2D eigenvalue weighted by Gasteiger charge is -2.31. The van der Waals surface area contributed by atoms with E-state index in [1.165, 1.54) is 0 Å². The number of hydrogen-bond donors (Lipinski definition) is 3. The van der Waals surface area contributed by atoms with E-state index in [-0.39, 0.29) is 54.3 Å². The second-order valence-corrected chi connectivity index (χ2v) is 9.00. The molecule has 0 aromatic heterocycles. The van der Waals surface area contributed by atoms with Gasteiger partial charge in [0.15, 0.2) is 5.96 Å². The lowest BCUT2D eigenvalue weighted by Crippen LogP contribution is -2.51. The van der Waals surface area contributed by atoms with Crippen LogP contribution in [0, 0.1) is 0 Å². The number of likely N-dealkylation sites (N-methyl/N-ethyl adjacent to an activating group) is 1. The molecule has 2 rings (SSSR count). The molecule has 1 amide bonds. The Kier molecular flexibility index (Phi) is 11.6. The highest BCUT2D eigenvalue weighted by Gasteiger charge is 2.23. The first-order valence-electron chi connectivity index (χ1n) is 9.77. The summed E-state index contributed by atoms with van der Waals surface area (Å²) < 4.78 is 32.5. The van der Waals surface area contributed by atoms with Crippen LogP contribution in [-0.4, -0.2) is 82.9 Å². The predicted octanol–water partition coefficient (Wildman–Crippen LogP) is 0.269. The van der Waals surface area contributed by atoms with Crippen LogP contribution >= 0.6 is 24.0 Å². The second-order valence-electron chi connectivity index (χ2n) is 7.07. The molecular weight excluding hydrogens is 497 g/mol. The van der Waals surface area contributed by atoms with Crippen LogP contribution in [0.1, 0.15) is 39.0 Å². The number of guanidine groups is 1. The van der Waals surface area contributed by atoms with Crippen molar-refractivity contribution in [2.24, 2.45) is 4.99 Å². The molecule has 0 saturated carbocycles. The quantitative estimate of drug-likeness (QED) is 0.236. The molecule has 2 aliphatic heterocycles. The van der Waals surface area contributed by atoms with Crippen molar-refractivity contribution in [1.29, 1.82) is 0 Å². The average molecular weight is 531 g/mol. The Balaban J connectivity index is 0.00000392. The minimum absolute atomic E-state index is 0. The molecular formula is C17H34IN5O4S. The van der Waals surface area contributed by atoms with Crippen LogP contribution in [0.2, 0.25) is 0 Å². The fourth-order valence-electron chi connectivity index (χ4n) is 3.18. The first-order chi connectivity index (χ1) is 12.9. The van der Waals surface area contributed by atoms with Gasteiger partial charge < -0.3 is 20.3 Å². The third kappa shape index (κ3) is 9.23. The van der Waals surface area contributed by atoms with Crippen molar-refractivity contribution in [1.82, 2.24) is 20.3 Å². The topological polar surface area (TPSA) is 112 Å². The van der Waals surface area contributed by atoms with Gasteiger partial charge in [-0.15, -0.1) is 24.0 Å². The zero-order valence-electron chi connectivity index (χ0n) is 16.8. The number of rotatable bonds is 8. The highest BCUT2D eigenvalue weighted by molar-refractivity contribution is 14.0. The van der Waals surface area contributed by atoms with E-state index in [0.717, 1.165) is 25.7 Å². The van der Waals surface area contributed by atoms with Crippen molar-refractivity contribution >= 4 is 45.9 Å². The van der Waals surface area contributed by atoms with Crippen molar-refractivity contribution in [3.63, 3.8) is 0 Å². The van der Waals surface area contributed by atoms with E-state index in [4.69, 9.17) is 4.74 Å². The first kappa shape index (κ1) is 25.4. The van der Waals surface area contributed by atoms with Crippen molar-refractivity contribution < 1.29 is 17.9 Å². The summed E-state index contributed by atoms with van der Waals surface area (Å²) in [6.45, 7) is 4.44. The summed E-state index contributed by atoms with van der Waals surface area (Å²) in [6.07, 6.45) is 4.25. The van der Waals surface area contributed by atoms with Crippen LogP contribution < -0.4 is 15.4 Å². The number of aliphatic imine (C=N–C) groups is 1. The van der Waals surface area contributed by atoms with Gasteiger partial charge in [-0.3, -0.25) is 9.79 Å². The number of nitrogens with one attached hydrogen (secondary N) is 3. The maximum Gasteiger partial charge on any atom is 0.222 e. The number of sulfonamides is 1. The molecule has 2 saturated heterocycles. The van der Waals surface area contributed by atoms with Gasteiger partial charge in [0.05, 0.1) is 18.4 Å². The number of halogens is 1. The molecule has 0 aromatic rings. The zero-order valence-corrected chi connectivity index (χ0v) is 19.9. The Morgan fingerprint density at radius 2 is 2.11 bits per heavy atom. The third-order valence-corrected chi connectivity index (χ3v) is 6.07. The monoisotopic (exact) mass is 531 g/mol. The zero-order chi connectivity index (χ0) is 19.7. The summed E-state index contributed by atoms with van der Waals surface area (Å²) in [6, 6.07) is 0.115. The standard InChI is InChI=1S/C17H33N5O4S.HI/c1-3-18-17(21-14-7-8-16(23)22(2)13-14)19-9-11-27(24,25)20-12-15-6-4-5-10-26-15;/h14-15,20H,3-13H2,1-2H3,(H2,18,19,21);1H. The Labute approximate surface area is 185 Å². The van der Waals surface area contributed by atoms with Gasteiger partial charge in [0.1, 0.15) is 0 Å². The van der Waals surface area contributed by atoms with E-state index < -0.39 is 10.0 Å². The van der Waals surface area contributed by atoms with Crippen molar-refractivity contribution in [2.45, 2.75) is 51.2 Å². The Hall–Kier alpha value is -0.660. The maximum atomic E-state index is 12.2. The van der Waals surface area contributed by atoms with Gasteiger partial charge in [-0.2, -0.15) is 0 Å². The average Bonchev–Trinajstić information content (AvgIpc) is 2.64. The molecule has 0 aromatic carbocycles. The fraction of sp³-hybridized carbons (Fsp3) is 0.882. The van der Waals surface area contributed by atoms with Gasteiger partial charge in [-0.05, 0) is 32.6 Å². The molecule has 11 heteroatoms. The molecule has 28 heavy (non-hydrogen) atoms. The highest BCUT2D eigenvalue weighted by atomic mass is 127. The summed E-state index contributed by atoms with van der Waals surface area (Å²) in [4.78, 5) is 17.7. The van der Waals surface area contributed by atoms with E-state index >= 15 is 0 Å². The largest absolute Gasteiger partial charge is 0.377 e. The van der Waals surface area contributed by atoms with Crippen LogP contribution in [-0.2, 0) is 19.6 Å². The molecule has 2 fully saturated rings. The number of likely N-dealkylation sites (tertiary alicyclic amines) is 1. The summed E-state index contributed by atoms with van der Waals surface area (Å²) in [5, 5.41) is 6.41. The van der Waals surface area contributed by atoms with Crippen LogP contribution in [0.4, 0.5) is 0 Å². The lowest BCUT2D eigenvalue weighted by molar-refractivity contribution is -0.132. The lowest BCUT2D eigenvalue weighted by atomic mass is 10.1. The maximum absolute atomic E-state index is 12.2. The molecule has 0 radical (unpaired) electrons. The molecule has 3 N–H and O–H groups in total. The third-order valence-electron chi connectivity index (χ3n) is 4.75. The summed E-state index contributed by atoms with van der Waals surface area (Å²) in [7, 11) is -1.60. The van der Waals surface area contributed by atoms with Crippen molar-refractivity contribution in [2.75, 3.05) is 45.6 Å². The number of amides is 1. The van der Waals surface area contributed by atoms with Gasteiger partial charge in [-0.1, -0.05) is 0 Å². The van der Waals surface area contributed by atoms with Crippen LogP contribution in [0.5, 0.6) is 0 Å². The van der Waals surface area contributed by atoms with Gasteiger partial charge in [-0.25, -0.2) is 13.1 Å². The van der Waals surface area contributed by atoms with Crippen LogP contribution in [0.15, 0.2) is 4.99 Å². The second kappa shape index (κ2) is 12.8. The highest BCUT2D eigenvalue weighted by Crippen LogP contribution is 2.12. The molecule has 2 aliphatic rings. The Bertz CT molecular complexity index is 611. The minimum atomic E-state index is -3.39. The number of ether oxygens (including phenoxy) is 1. The molecule has 0 aliphatic carbocycles. The fourth-order valence-corrected chi connectivity index (χ4v) is 4.10. The smallest absolute Gasteiger partial charge is 0.222 e. The van der Waals surface area contributed by atoms with Crippen molar-refractivity contribution in [3.05, 3.63) is 0 Å². The number of hydrogen-bond acceptors (Lipinski definition) is 5. The van der Waals surface area contributed by atoms with Gasteiger partial charge in [0, 0.05) is 45.8 Å². The summed E-state index contributed by atoms with van der Waals surface area (Å²) >= 11 is 0. The number of carbonyl (C=O) groups excluding carboxylic acids is 1. The van der Waals surface area contributed by atoms with E-state index in [1.54, 1.807) is 11.9 Å². The van der Waals surface area contributed by atoms with Crippen LogP contribution in [0.3, 0.4) is 0 Å². The summed E-state index contributed by atoms with van der Waals surface area (Å²) in [5.41, 5.74) is 0.